The number of aryl methyl sites for hydroxylation is 1. The third-order valence-electron chi connectivity index (χ3n) is 3.64. The second kappa shape index (κ2) is 8.48. The van der Waals surface area contributed by atoms with Gasteiger partial charge in [0.2, 0.25) is 5.91 Å². The van der Waals surface area contributed by atoms with Crippen molar-refractivity contribution in [2.45, 2.75) is 18.2 Å². The van der Waals surface area contributed by atoms with Crippen molar-refractivity contribution in [3.05, 3.63) is 72.8 Å². The topological polar surface area (TPSA) is 66.5 Å². The molecule has 0 bridgehead atoms. The smallest absolute Gasteiger partial charge is 0.264 e. The maximum absolute atomic E-state index is 13.0. The third-order valence-corrected chi connectivity index (χ3v) is 5.48. The number of hydrogen-bond donors (Lipinski definition) is 1. The van der Waals surface area contributed by atoms with Crippen LogP contribution in [0.5, 0.6) is 0 Å². The molecule has 0 aliphatic heterocycles. The van der Waals surface area contributed by atoms with Gasteiger partial charge in [-0.25, -0.2) is 8.42 Å². The molecule has 25 heavy (non-hydrogen) atoms. The molecule has 1 N–H and O–H groups in total. The Morgan fingerprint density at radius 3 is 2.36 bits per heavy atom. The van der Waals surface area contributed by atoms with E-state index in [2.05, 4.69) is 11.9 Å². The van der Waals surface area contributed by atoms with Crippen LogP contribution in [0.2, 0.25) is 0 Å². The summed E-state index contributed by atoms with van der Waals surface area (Å²) in [5, 5.41) is 2.66. The van der Waals surface area contributed by atoms with Crippen molar-refractivity contribution in [1.29, 1.82) is 0 Å². The quantitative estimate of drug-likeness (QED) is 0.738. The molecule has 0 saturated heterocycles. The molecule has 0 fully saturated rings. The summed E-state index contributed by atoms with van der Waals surface area (Å²) < 4.78 is 27.4. The molecule has 0 heterocycles. The van der Waals surface area contributed by atoms with Crippen LogP contribution >= 0.6 is 0 Å². The number of nitrogens with zero attached hydrogens (tertiary/aromatic N) is 1. The van der Waals surface area contributed by atoms with Crippen molar-refractivity contribution >= 4 is 21.6 Å². The van der Waals surface area contributed by atoms with Crippen molar-refractivity contribution in [1.82, 2.24) is 5.32 Å². The predicted octanol–water partition coefficient (Wildman–Crippen LogP) is 2.88. The zero-order valence-electron chi connectivity index (χ0n) is 14.2. The number of nitrogens with one attached hydrogen (secondary N) is 1. The van der Waals surface area contributed by atoms with Gasteiger partial charge < -0.3 is 5.32 Å². The molecular formula is C19H22N2O3S. The third kappa shape index (κ3) is 4.93. The Morgan fingerprint density at radius 2 is 1.76 bits per heavy atom. The number of hydrogen-bond acceptors (Lipinski definition) is 3. The van der Waals surface area contributed by atoms with Crippen LogP contribution < -0.4 is 9.62 Å². The second-order valence-electron chi connectivity index (χ2n) is 5.57. The first-order valence-electron chi connectivity index (χ1n) is 7.97. The van der Waals surface area contributed by atoms with E-state index in [-0.39, 0.29) is 23.8 Å². The van der Waals surface area contributed by atoms with E-state index in [1.807, 2.05) is 13.0 Å². The standard InChI is InChI=1S/C19H22N2O3S/c1-3-14-20-19(22)13-15-21(17-7-5-4-6-8-17)25(23,24)18-11-9-16(2)10-12-18/h3-12H,1,13-15H2,2H3,(H,20,22). The summed E-state index contributed by atoms with van der Waals surface area (Å²) in [6.07, 6.45) is 1.64. The average molecular weight is 358 g/mol. The minimum absolute atomic E-state index is 0.0587. The Hall–Kier alpha value is -2.60. The number of rotatable bonds is 8. The number of carbonyl (C=O) groups excluding carboxylic acids is 1. The maximum atomic E-state index is 13.0. The molecular weight excluding hydrogens is 336 g/mol. The molecule has 2 aromatic rings. The van der Waals surface area contributed by atoms with Crippen LogP contribution in [-0.2, 0) is 14.8 Å². The number of para-hydroxylation sites is 1. The van der Waals surface area contributed by atoms with Gasteiger partial charge in [-0.3, -0.25) is 9.10 Å². The van der Waals surface area contributed by atoms with E-state index in [1.54, 1.807) is 54.6 Å². The van der Waals surface area contributed by atoms with Gasteiger partial charge in [0.25, 0.3) is 10.0 Å². The Kier molecular flexibility index (Phi) is 6.36. The molecule has 0 atom stereocenters. The van der Waals surface area contributed by atoms with Gasteiger partial charge in [-0.05, 0) is 31.2 Å². The highest BCUT2D eigenvalue weighted by atomic mass is 32.2. The van der Waals surface area contributed by atoms with Crippen LogP contribution in [-0.4, -0.2) is 27.4 Å². The normalized spacial score (nSPS) is 10.9. The Balaban J connectivity index is 2.29. The Labute approximate surface area is 149 Å². The summed E-state index contributed by atoms with van der Waals surface area (Å²) in [5.74, 6) is -0.222. The predicted molar refractivity (Wildman–Crippen MR) is 100.0 cm³/mol. The van der Waals surface area contributed by atoms with Crippen molar-refractivity contribution in [3.63, 3.8) is 0 Å². The number of carbonyl (C=O) groups is 1. The van der Waals surface area contributed by atoms with E-state index < -0.39 is 10.0 Å². The number of amides is 1. The van der Waals surface area contributed by atoms with Crippen LogP contribution in [0.4, 0.5) is 5.69 Å². The highest BCUT2D eigenvalue weighted by Gasteiger charge is 2.25. The highest BCUT2D eigenvalue weighted by molar-refractivity contribution is 7.92. The summed E-state index contributed by atoms with van der Waals surface area (Å²) in [5.41, 5.74) is 1.51. The van der Waals surface area contributed by atoms with Crippen LogP contribution in [0.15, 0.2) is 72.1 Å². The molecule has 0 saturated carbocycles. The summed E-state index contributed by atoms with van der Waals surface area (Å²) in [6.45, 7) is 5.85. The van der Waals surface area contributed by atoms with Gasteiger partial charge in [0.1, 0.15) is 0 Å². The Morgan fingerprint density at radius 1 is 1.12 bits per heavy atom. The summed E-state index contributed by atoms with van der Waals surface area (Å²) >= 11 is 0. The van der Waals surface area contributed by atoms with Gasteiger partial charge in [0.15, 0.2) is 0 Å². The first-order chi connectivity index (χ1) is 11.9. The molecule has 2 aromatic carbocycles. The van der Waals surface area contributed by atoms with Crippen molar-refractivity contribution in [2.75, 3.05) is 17.4 Å². The summed E-state index contributed by atoms with van der Waals surface area (Å²) in [4.78, 5) is 12.1. The SMILES string of the molecule is C=CCNC(=O)CCN(c1ccccc1)S(=O)(=O)c1ccc(C)cc1. The molecule has 0 radical (unpaired) electrons. The summed E-state index contributed by atoms with van der Waals surface area (Å²) in [7, 11) is -3.75. The molecule has 0 aliphatic carbocycles. The zero-order valence-corrected chi connectivity index (χ0v) is 15.0. The molecule has 0 unspecified atom stereocenters. The second-order valence-corrected chi connectivity index (χ2v) is 7.43. The molecule has 0 aromatic heterocycles. The Bertz CT molecular complexity index is 816. The average Bonchev–Trinajstić information content (AvgIpc) is 2.61. The largest absolute Gasteiger partial charge is 0.353 e. The lowest BCUT2D eigenvalue weighted by Gasteiger charge is -2.24. The minimum atomic E-state index is -3.75. The van der Waals surface area contributed by atoms with Crippen LogP contribution in [0, 0.1) is 6.92 Å². The lowest BCUT2D eigenvalue weighted by molar-refractivity contribution is -0.120. The van der Waals surface area contributed by atoms with E-state index in [1.165, 1.54) is 4.31 Å². The fourth-order valence-electron chi connectivity index (χ4n) is 2.30. The minimum Gasteiger partial charge on any atom is -0.353 e. The number of anilines is 1. The van der Waals surface area contributed by atoms with Gasteiger partial charge in [-0.2, -0.15) is 0 Å². The van der Waals surface area contributed by atoms with Gasteiger partial charge in [-0.15, -0.1) is 6.58 Å². The molecule has 0 aliphatic rings. The van der Waals surface area contributed by atoms with Crippen LogP contribution in [0.3, 0.4) is 0 Å². The fraction of sp³-hybridized carbons (Fsp3) is 0.211. The van der Waals surface area contributed by atoms with E-state index >= 15 is 0 Å². The monoisotopic (exact) mass is 358 g/mol. The van der Waals surface area contributed by atoms with Crippen LogP contribution in [0.1, 0.15) is 12.0 Å². The van der Waals surface area contributed by atoms with Crippen molar-refractivity contribution in [2.24, 2.45) is 0 Å². The van der Waals surface area contributed by atoms with Gasteiger partial charge >= 0.3 is 0 Å². The van der Waals surface area contributed by atoms with Crippen LogP contribution in [0.25, 0.3) is 0 Å². The fourth-order valence-corrected chi connectivity index (χ4v) is 3.76. The molecule has 2 rings (SSSR count). The number of benzene rings is 2. The molecule has 1 amide bonds. The highest BCUT2D eigenvalue weighted by Crippen LogP contribution is 2.24. The van der Waals surface area contributed by atoms with E-state index in [0.717, 1.165) is 5.56 Å². The van der Waals surface area contributed by atoms with Gasteiger partial charge in [0, 0.05) is 19.5 Å². The lowest BCUT2D eigenvalue weighted by Crippen LogP contribution is -2.35. The van der Waals surface area contributed by atoms with E-state index in [4.69, 9.17) is 0 Å². The van der Waals surface area contributed by atoms with E-state index in [9.17, 15) is 13.2 Å². The molecule has 132 valence electrons. The maximum Gasteiger partial charge on any atom is 0.264 e. The first-order valence-corrected chi connectivity index (χ1v) is 9.41. The van der Waals surface area contributed by atoms with Gasteiger partial charge in [-0.1, -0.05) is 42.0 Å². The lowest BCUT2D eigenvalue weighted by atomic mass is 10.2. The van der Waals surface area contributed by atoms with Crippen molar-refractivity contribution < 1.29 is 13.2 Å². The molecule has 6 heteroatoms. The zero-order chi connectivity index (χ0) is 18.3. The first kappa shape index (κ1) is 18.7. The number of sulfonamides is 1. The van der Waals surface area contributed by atoms with Crippen molar-refractivity contribution in [3.8, 4) is 0 Å². The van der Waals surface area contributed by atoms with Gasteiger partial charge in [0.05, 0.1) is 10.6 Å². The molecule has 0 spiro atoms. The molecule has 5 nitrogen and oxygen atoms in total. The summed E-state index contributed by atoms with van der Waals surface area (Å²) in [6, 6.07) is 15.5. The van der Waals surface area contributed by atoms with E-state index in [0.29, 0.717) is 12.2 Å².